The zero-order chi connectivity index (χ0) is 12.8. The summed E-state index contributed by atoms with van der Waals surface area (Å²) in [5.74, 6) is -1.12. The van der Waals surface area contributed by atoms with Crippen LogP contribution in [0.1, 0.15) is 33.6 Å². The van der Waals surface area contributed by atoms with Gasteiger partial charge in [0.25, 0.3) is 0 Å². The topological polar surface area (TPSA) is 77.2 Å². The van der Waals surface area contributed by atoms with E-state index in [1.807, 2.05) is 0 Å². The van der Waals surface area contributed by atoms with Crippen LogP contribution in [0.5, 0.6) is 0 Å². The molecule has 0 aliphatic carbocycles. The fourth-order valence-corrected chi connectivity index (χ4v) is 1.41. The average molecular weight is 231 g/mol. The fraction of sp³-hybridized carbons (Fsp3) is 0.154. The van der Waals surface area contributed by atoms with Crippen molar-refractivity contribution in [2.45, 2.75) is 12.8 Å². The first-order chi connectivity index (χ1) is 8.06. The van der Waals surface area contributed by atoms with Crippen molar-refractivity contribution in [3.63, 3.8) is 0 Å². The number of primary amides is 1. The van der Waals surface area contributed by atoms with Gasteiger partial charge in [0, 0.05) is 24.0 Å². The number of carbonyl (C=O) groups excluding carboxylic acids is 3. The molecule has 1 aromatic carbocycles. The minimum absolute atomic E-state index is 0.0507. The Morgan fingerprint density at radius 3 is 2.24 bits per heavy atom. The van der Waals surface area contributed by atoms with Crippen LogP contribution < -0.4 is 5.73 Å². The minimum Gasteiger partial charge on any atom is -0.366 e. The van der Waals surface area contributed by atoms with E-state index in [1.54, 1.807) is 12.1 Å². The van der Waals surface area contributed by atoms with Crippen molar-refractivity contribution in [1.82, 2.24) is 0 Å². The second kappa shape index (κ2) is 5.75. The maximum absolute atomic E-state index is 11.8. The highest BCUT2D eigenvalue weighted by atomic mass is 16.1. The lowest BCUT2D eigenvalue weighted by Crippen LogP contribution is -2.16. The van der Waals surface area contributed by atoms with Crippen molar-refractivity contribution in [3.8, 4) is 0 Å². The lowest BCUT2D eigenvalue weighted by molar-refractivity contribution is -0.114. The SMILES string of the molecule is C=CC(=O)CCC(=O)c1ccccc1C(N)=O. The molecule has 4 heteroatoms. The Morgan fingerprint density at radius 1 is 1.12 bits per heavy atom. The number of ketones is 2. The number of nitrogens with two attached hydrogens (primary N) is 1. The first kappa shape index (κ1) is 12.8. The molecule has 0 aliphatic heterocycles. The van der Waals surface area contributed by atoms with Gasteiger partial charge in [-0.25, -0.2) is 0 Å². The smallest absolute Gasteiger partial charge is 0.249 e. The van der Waals surface area contributed by atoms with Crippen molar-refractivity contribution < 1.29 is 14.4 Å². The van der Waals surface area contributed by atoms with Crippen molar-refractivity contribution >= 4 is 17.5 Å². The Hall–Kier alpha value is -2.23. The number of hydrogen-bond acceptors (Lipinski definition) is 3. The number of rotatable bonds is 6. The molecule has 0 fully saturated rings. The molecule has 0 saturated carbocycles. The highest BCUT2D eigenvalue weighted by molar-refractivity contribution is 6.08. The van der Waals surface area contributed by atoms with Gasteiger partial charge in [0.05, 0.1) is 0 Å². The Kier molecular flexibility index (Phi) is 4.34. The highest BCUT2D eigenvalue weighted by Crippen LogP contribution is 2.12. The fourth-order valence-electron chi connectivity index (χ4n) is 1.41. The molecule has 0 saturated heterocycles. The molecule has 0 unspecified atom stereocenters. The predicted molar refractivity (Wildman–Crippen MR) is 63.7 cm³/mol. The van der Waals surface area contributed by atoms with E-state index in [9.17, 15) is 14.4 Å². The zero-order valence-electron chi connectivity index (χ0n) is 9.31. The number of amides is 1. The third-order valence-electron chi connectivity index (χ3n) is 2.32. The molecule has 1 rings (SSSR count). The number of Topliss-reactive ketones (excluding diaryl/α,β-unsaturated/α-hetero) is 1. The molecular weight excluding hydrogens is 218 g/mol. The summed E-state index contributed by atoms with van der Waals surface area (Å²) in [7, 11) is 0. The van der Waals surface area contributed by atoms with E-state index in [2.05, 4.69) is 6.58 Å². The van der Waals surface area contributed by atoms with E-state index < -0.39 is 5.91 Å². The van der Waals surface area contributed by atoms with Crippen LogP contribution in [0.3, 0.4) is 0 Å². The van der Waals surface area contributed by atoms with Gasteiger partial charge >= 0.3 is 0 Å². The van der Waals surface area contributed by atoms with Gasteiger partial charge < -0.3 is 5.73 Å². The van der Waals surface area contributed by atoms with Gasteiger partial charge in [-0.15, -0.1) is 0 Å². The summed E-state index contributed by atoms with van der Waals surface area (Å²) >= 11 is 0. The predicted octanol–water partition coefficient (Wildman–Crippen LogP) is 1.50. The molecule has 2 N–H and O–H groups in total. The summed E-state index contributed by atoms with van der Waals surface area (Å²) in [6.45, 7) is 3.32. The van der Waals surface area contributed by atoms with E-state index >= 15 is 0 Å². The second-order valence-corrected chi connectivity index (χ2v) is 3.50. The Morgan fingerprint density at radius 2 is 1.71 bits per heavy atom. The van der Waals surface area contributed by atoms with Gasteiger partial charge in [-0.2, -0.15) is 0 Å². The van der Waals surface area contributed by atoms with E-state index in [-0.39, 0.29) is 35.5 Å². The van der Waals surface area contributed by atoms with Crippen LogP contribution in [0, 0.1) is 0 Å². The summed E-state index contributed by atoms with van der Waals surface area (Å²) in [5.41, 5.74) is 5.61. The van der Waals surface area contributed by atoms with E-state index in [4.69, 9.17) is 5.73 Å². The van der Waals surface area contributed by atoms with Crippen LogP contribution in [-0.4, -0.2) is 17.5 Å². The Bertz CT molecular complexity index is 477. The molecule has 4 nitrogen and oxygen atoms in total. The standard InChI is InChI=1S/C13H13NO3/c1-2-9(15)7-8-12(16)10-5-3-4-6-11(10)13(14)17/h2-6H,1,7-8H2,(H2,14,17). The molecule has 0 atom stereocenters. The lowest BCUT2D eigenvalue weighted by atomic mass is 9.99. The molecule has 0 aromatic heterocycles. The quantitative estimate of drug-likeness (QED) is 0.595. The molecule has 88 valence electrons. The van der Waals surface area contributed by atoms with Crippen LogP contribution in [0.4, 0.5) is 0 Å². The summed E-state index contributed by atoms with van der Waals surface area (Å²) in [4.78, 5) is 33.9. The van der Waals surface area contributed by atoms with Crippen LogP contribution in [-0.2, 0) is 4.79 Å². The Labute approximate surface area is 99.1 Å². The molecule has 0 heterocycles. The van der Waals surface area contributed by atoms with Gasteiger partial charge in [0.2, 0.25) is 5.91 Å². The number of hydrogen-bond donors (Lipinski definition) is 1. The summed E-state index contributed by atoms with van der Waals surface area (Å²) in [5, 5.41) is 0. The number of benzene rings is 1. The summed E-state index contributed by atoms with van der Waals surface area (Å²) in [6.07, 6.45) is 1.32. The molecular formula is C13H13NO3. The number of carbonyl (C=O) groups is 3. The first-order valence-corrected chi connectivity index (χ1v) is 5.13. The summed E-state index contributed by atoms with van der Waals surface area (Å²) < 4.78 is 0. The molecule has 1 amide bonds. The Balaban J connectivity index is 2.85. The lowest BCUT2D eigenvalue weighted by Gasteiger charge is -2.04. The first-order valence-electron chi connectivity index (χ1n) is 5.13. The van der Waals surface area contributed by atoms with Crippen molar-refractivity contribution in [2.75, 3.05) is 0 Å². The van der Waals surface area contributed by atoms with Crippen molar-refractivity contribution in [3.05, 3.63) is 48.0 Å². The van der Waals surface area contributed by atoms with Crippen molar-refractivity contribution in [2.24, 2.45) is 5.73 Å². The van der Waals surface area contributed by atoms with Gasteiger partial charge in [0.15, 0.2) is 11.6 Å². The van der Waals surface area contributed by atoms with E-state index in [0.717, 1.165) is 0 Å². The maximum atomic E-state index is 11.8. The van der Waals surface area contributed by atoms with Gasteiger partial charge in [-0.1, -0.05) is 24.8 Å². The van der Waals surface area contributed by atoms with Crippen LogP contribution >= 0.6 is 0 Å². The van der Waals surface area contributed by atoms with Crippen LogP contribution in [0.25, 0.3) is 0 Å². The van der Waals surface area contributed by atoms with Gasteiger partial charge in [0.1, 0.15) is 0 Å². The number of allylic oxidation sites excluding steroid dienone is 1. The van der Waals surface area contributed by atoms with Crippen LogP contribution in [0.15, 0.2) is 36.9 Å². The normalized spacial score (nSPS) is 9.65. The van der Waals surface area contributed by atoms with Crippen molar-refractivity contribution in [1.29, 1.82) is 0 Å². The molecule has 17 heavy (non-hydrogen) atoms. The molecule has 1 aromatic rings. The third kappa shape index (κ3) is 3.38. The van der Waals surface area contributed by atoms with E-state index in [1.165, 1.54) is 18.2 Å². The highest BCUT2D eigenvalue weighted by Gasteiger charge is 2.14. The largest absolute Gasteiger partial charge is 0.366 e. The molecule has 0 spiro atoms. The third-order valence-corrected chi connectivity index (χ3v) is 2.32. The van der Waals surface area contributed by atoms with Gasteiger partial charge in [-0.05, 0) is 12.1 Å². The average Bonchev–Trinajstić information content (AvgIpc) is 2.35. The zero-order valence-corrected chi connectivity index (χ0v) is 9.31. The summed E-state index contributed by atoms with van der Waals surface area (Å²) in [6, 6.07) is 6.30. The van der Waals surface area contributed by atoms with Crippen LogP contribution in [0.2, 0.25) is 0 Å². The second-order valence-electron chi connectivity index (χ2n) is 3.50. The molecule has 0 aliphatic rings. The molecule has 0 bridgehead atoms. The van der Waals surface area contributed by atoms with Gasteiger partial charge in [-0.3, -0.25) is 14.4 Å². The maximum Gasteiger partial charge on any atom is 0.249 e. The minimum atomic E-state index is -0.649. The molecule has 0 radical (unpaired) electrons. The van der Waals surface area contributed by atoms with E-state index in [0.29, 0.717) is 0 Å². The monoisotopic (exact) mass is 231 g/mol.